The normalized spacial score (nSPS) is 10.0. The lowest BCUT2D eigenvalue weighted by Crippen LogP contribution is -2.34. The molecular weight excluding hydrogens is 372 g/mol. The van der Waals surface area contributed by atoms with Gasteiger partial charge in [-0.15, -0.1) is 0 Å². The fourth-order valence-electron chi connectivity index (χ4n) is 2.46. The lowest BCUT2D eigenvalue weighted by atomic mass is 10.2. The van der Waals surface area contributed by atoms with Crippen LogP contribution in [0.4, 0.5) is 5.69 Å². The number of carbonyl (C=O) groups excluding carboxylic acids is 1. The topological polar surface area (TPSA) is 59.6 Å². The number of thiocarbonyl (C=S) groups is 1. The Kier molecular flexibility index (Phi) is 6.98. The molecule has 0 atom stereocenters. The van der Waals surface area contributed by atoms with Crippen molar-refractivity contribution in [1.82, 2.24) is 5.32 Å². The van der Waals surface area contributed by atoms with Crippen molar-refractivity contribution in [1.29, 1.82) is 0 Å². The third-order valence-corrected chi connectivity index (χ3v) is 3.95. The van der Waals surface area contributed by atoms with E-state index in [1.165, 1.54) is 0 Å². The number of anilines is 1. The number of amides is 1. The van der Waals surface area contributed by atoms with Gasteiger partial charge in [0.25, 0.3) is 5.91 Å². The first kappa shape index (κ1) is 19.4. The van der Waals surface area contributed by atoms with Gasteiger partial charge in [0.05, 0.1) is 5.56 Å². The van der Waals surface area contributed by atoms with Crippen LogP contribution >= 0.6 is 12.2 Å². The lowest BCUT2D eigenvalue weighted by Gasteiger charge is -2.13. The first-order valence-corrected chi connectivity index (χ1v) is 9.20. The zero-order valence-electron chi connectivity index (χ0n) is 15.1. The summed E-state index contributed by atoms with van der Waals surface area (Å²) < 4.78 is 11.3. The van der Waals surface area contributed by atoms with Gasteiger partial charge in [-0.1, -0.05) is 48.5 Å². The van der Waals surface area contributed by atoms with Gasteiger partial charge >= 0.3 is 0 Å². The maximum absolute atomic E-state index is 12.6. The first-order chi connectivity index (χ1) is 13.7. The Labute approximate surface area is 169 Å². The highest BCUT2D eigenvalue weighted by Gasteiger charge is 2.13. The van der Waals surface area contributed by atoms with Gasteiger partial charge in [-0.3, -0.25) is 10.1 Å². The van der Waals surface area contributed by atoms with Gasteiger partial charge in [0.2, 0.25) is 0 Å². The number of hydrogen-bond donors (Lipinski definition) is 2. The van der Waals surface area contributed by atoms with Crippen LogP contribution in [0.15, 0.2) is 84.9 Å². The minimum absolute atomic E-state index is 0.221. The summed E-state index contributed by atoms with van der Waals surface area (Å²) in [6, 6.07) is 25.9. The quantitative estimate of drug-likeness (QED) is 0.464. The average molecular weight is 392 g/mol. The van der Waals surface area contributed by atoms with Gasteiger partial charge in [0.15, 0.2) is 5.11 Å². The minimum atomic E-state index is -0.340. The van der Waals surface area contributed by atoms with Crippen LogP contribution in [0.1, 0.15) is 10.4 Å². The number of rotatable bonds is 7. The Balaban J connectivity index is 1.53. The molecule has 3 aromatic rings. The van der Waals surface area contributed by atoms with Crippen LogP contribution < -0.4 is 20.1 Å². The van der Waals surface area contributed by atoms with Crippen LogP contribution in [0, 0.1) is 0 Å². The average Bonchev–Trinajstić information content (AvgIpc) is 2.73. The van der Waals surface area contributed by atoms with Crippen molar-refractivity contribution < 1.29 is 14.3 Å². The fourth-order valence-corrected chi connectivity index (χ4v) is 2.67. The third-order valence-electron chi connectivity index (χ3n) is 3.74. The van der Waals surface area contributed by atoms with Gasteiger partial charge < -0.3 is 14.8 Å². The van der Waals surface area contributed by atoms with Gasteiger partial charge in [0.1, 0.15) is 24.7 Å². The molecule has 0 bridgehead atoms. The largest absolute Gasteiger partial charge is 0.490 e. The van der Waals surface area contributed by atoms with E-state index in [9.17, 15) is 4.79 Å². The molecule has 142 valence electrons. The predicted octanol–water partition coefficient (Wildman–Crippen LogP) is 4.27. The number of para-hydroxylation sites is 3. The van der Waals surface area contributed by atoms with Gasteiger partial charge in [-0.25, -0.2) is 0 Å². The Morgan fingerprint density at radius 3 is 2.14 bits per heavy atom. The molecule has 0 aliphatic rings. The van der Waals surface area contributed by atoms with E-state index in [2.05, 4.69) is 10.6 Å². The Morgan fingerprint density at radius 2 is 1.39 bits per heavy atom. The van der Waals surface area contributed by atoms with E-state index in [0.29, 0.717) is 24.5 Å². The molecule has 3 aromatic carbocycles. The Morgan fingerprint density at radius 1 is 0.786 bits per heavy atom. The lowest BCUT2D eigenvalue weighted by molar-refractivity contribution is 0.0972. The maximum atomic E-state index is 12.6. The van der Waals surface area contributed by atoms with Gasteiger partial charge in [-0.05, 0) is 48.6 Å². The van der Waals surface area contributed by atoms with Crippen LogP contribution in [0.3, 0.4) is 0 Å². The maximum Gasteiger partial charge on any atom is 0.261 e. The molecule has 0 heterocycles. The smallest absolute Gasteiger partial charge is 0.261 e. The number of hydrogen-bond acceptors (Lipinski definition) is 4. The fraction of sp³-hybridized carbons (Fsp3) is 0.0909. The zero-order chi connectivity index (χ0) is 19.6. The molecule has 0 radical (unpaired) electrons. The van der Waals surface area contributed by atoms with Crippen molar-refractivity contribution in [2.75, 3.05) is 18.5 Å². The van der Waals surface area contributed by atoms with Crippen LogP contribution in [0.25, 0.3) is 0 Å². The summed E-state index contributed by atoms with van der Waals surface area (Å²) in [5.41, 5.74) is 1.20. The zero-order valence-corrected chi connectivity index (χ0v) is 15.9. The molecule has 5 nitrogen and oxygen atoms in total. The van der Waals surface area contributed by atoms with Crippen LogP contribution in [0.2, 0.25) is 0 Å². The van der Waals surface area contributed by atoms with Gasteiger partial charge in [0, 0.05) is 5.69 Å². The molecule has 0 aliphatic heterocycles. The molecule has 0 spiro atoms. The molecule has 0 unspecified atom stereocenters. The molecule has 0 aromatic heterocycles. The summed E-state index contributed by atoms with van der Waals surface area (Å²) in [6.07, 6.45) is 0. The van der Waals surface area contributed by atoms with E-state index in [-0.39, 0.29) is 11.0 Å². The molecule has 0 saturated heterocycles. The summed E-state index contributed by atoms with van der Waals surface area (Å²) in [5, 5.41) is 5.86. The van der Waals surface area contributed by atoms with Crippen molar-refractivity contribution in [3.05, 3.63) is 90.5 Å². The molecule has 6 heteroatoms. The van der Waals surface area contributed by atoms with Crippen LogP contribution in [0.5, 0.6) is 11.5 Å². The molecule has 0 aliphatic carbocycles. The van der Waals surface area contributed by atoms with E-state index in [1.54, 1.807) is 18.2 Å². The molecule has 0 saturated carbocycles. The number of carbonyl (C=O) groups is 1. The Hall–Kier alpha value is -3.38. The number of nitrogens with one attached hydrogen (secondary N) is 2. The highest BCUT2D eigenvalue weighted by molar-refractivity contribution is 7.80. The summed E-state index contributed by atoms with van der Waals surface area (Å²) >= 11 is 5.21. The molecule has 3 rings (SSSR count). The SMILES string of the molecule is O=C(NC(=S)Nc1ccccc1)c1ccccc1OCCOc1ccccc1. The monoisotopic (exact) mass is 392 g/mol. The third kappa shape index (κ3) is 5.82. The second-order valence-electron chi connectivity index (χ2n) is 5.78. The summed E-state index contributed by atoms with van der Waals surface area (Å²) in [4.78, 5) is 12.6. The van der Waals surface area contributed by atoms with E-state index in [1.807, 2.05) is 66.7 Å². The molecule has 1 amide bonds. The van der Waals surface area contributed by atoms with Crippen LogP contribution in [-0.2, 0) is 0 Å². The highest BCUT2D eigenvalue weighted by Crippen LogP contribution is 2.18. The van der Waals surface area contributed by atoms with Crippen molar-refractivity contribution in [3.63, 3.8) is 0 Å². The van der Waals surface area contributed by atoms with Crippen molar-refractivity contribution in [2.45, 2.75) is 0 Å². The predicted molar refractivity (Wildman–Crippen MR) is 114 cm³/mol. The minimum Gasteiger partial charge on any atom is -0.490 e. The number of benzene rings is 3. The van der Waals surface area contributed by atoms with Crippen molar-refractivity contribution in [2.24, 2.45) is 0 Å². The summed E-state index contributed by atoms with van der Waals surface area (Å²) in [5.74, 6) is 0.904. The van der Waals surface area contributed by atoms with Crippen LogP contribution in [-0.4, -0.2) is 24.2 Å². The highest BCUT2D eigenvalue weighted by atomic mass is 32.1. The molecule has 0 fully saturated rings. The van der Waals surface area contributed by atoms with E-state index < -0.39 is 0 Å². The van der Waals surface area contributed by atoms with Crippen molar-refractivity contribution >= 4 is 28.9 Å². The van der Waals surface area contributed by atoms with E-state index in [4.69, 9.17) is 21.7 Å². The van der Waals surface area contributed by atoms with E-state index in [0.717, 1.165) is 11.4 Å². The Bertz CT molecular complexity index is 917. The molecule has 2 N–H and O–H groups in total. The first-order valence-electron chi connectivity index (χ1n) is 8.79. The van der Waals surface area contributed by atoms with Crippen molar-refractivity contribution in [3.8, 4) is 11.5 Å². The summed E-state index contributed by atoms with van der Waals surface area (Å²) in [7, 11) is 0. The van der Waals surface area contributed by atoms with E-state index >= 15 is 0 Å². The second kappa shape index (κ2) is 10.1. The summed E-state index contributed by atoms with van der Waals surface area (Å²) in [6.45, 7) is 0.680. The number of ether oxygens (including phenoxy) is 2. The second-order valence-corrected chi connectivity index (χ2v) is 6.19. The standard InChI is InChI=1S/C22H20N2O3S/c25-21(24-22(28)23-17-9-3-1-4-10-17)19-13-7-8-14-20(19)27-16-15-26-18-11-5-2-6-12-18/h1-14H,15-16H2,(H2,23,24,25,28). The molecule has 28 heavy (non-hydrogen) atoms. The molecular formula is C22H20N2O3S. The van der Waals surface area contributed by atoms with Gasteiger partial charge in [-0.2, -0.15) is 0 Å².